The number of amides is 1. The van der Waals surface area contributed by atoms with E-state index in [0.29, 0.717) is 12.0 Å². The first-order chi connectivity index (χ1) is 9.72. The largest absolute Gasteiger partial charge is 0.356 e. The topological polar surface area (TPSA) is 55.1 Å². The quantitative estimate of drug-likeness (QED) is 0.884. The van der Waals surface area contributed by atoms with Gasteiger partial charge in [0.15, 0.2) is 0 Å². The zero-order valence-corrected chi connectivity index (χ0v) is 12.0. The lowest BCUT2D eigenvalue weighted by Crippen LogP contribution is -2.38. The van der Waals surface area contributed by atoms with Crippen LogP contribution >= 0.6 is 0 Å². The molecular weight excluding hydrogens is 248 g/mol. The van der Waals surface area contributed by atoms with Crippen LogP contribution < -0.4 is 11.1 Å². The van der Waals surface area contributed by atoms with Gasteiger partial charge in [-0.2, -0.15) is 0 Å². The van der Waals surface area contributed by atoms with Crippen molar-refractivity contribution >= 4 is 5.91 Å². The molecule has 0 radical (unpaired) electrons. The molecule has 108 valence electrons. The van der Waals surface area contributed by atoms with Gasteiger partial charge in [0.25, 0.3) is 0 Å². The van der Waals surface area contributed by atoms with Crippen LogP contribution in [0.2, 0.25) is 0 Å². The number of nitrogens with one attached hydrogen (secondary N) is 1. The molecule has 1 aromatic carbocycles. The number of hydrogen-bond donors (Lipinski definition) is 2. The molecule has 3 nitrogen and oxygen atoms in total. The van der Waals surface area contributed by atoms with Crippen LogP contribution in [0.15, 0.2) is 24.3 Å². The van der Waals surface area contributed by atoms with Crippen LogP contribution in [0.3, 0.4) is 0 Å². The maximum absolute atomic E-state index is 12.3. The highest BCUT2D eigenvalue weighted by molar-refractivity contribution is 5.80. The van der Waals surface area contributed by atoms with E-state index in [-0.39, 0.29) is 11.8 Å². The maximum Gasteiger partial charge on any atom is 0.223 e. The minimum absolute atomic E-state index is 0.129. The van der Waals surface area contributed by atoms with Crippen LogP contribution in [0.25, 0.3) is 0 Å². The molecule has 20 heavy (non-hydrogen) atoms. The smallest absolute Gasteiger partial charge is 0.223 e. The molecule has 2 unspecified atom stereocenters. The number of nitrogens with two attached hydrogens (primary N) is 1. The summed E-state index contributed by atoms with van der Waals surface area (Å²) in [5.74, 6) is 0.927. The Bertz CT molecular complexity index is 461. The molecule has 3 heteroatoms. The van der Waals surface area contributed by atoms with Crippen molar-refractivity contribution in [3.05, 3.63) is 35.4 Å². The second-order valence-electron chi connectivity index (χ2n) is 6.41. The number of fused-ring (bicyclic) bond motifs is 1. The molecule has 0 aliphatic heterocycles. The highest BCUT2D eigenvalue weighted by Crippen LogP contribution is 2.27. The summed E-state index contributed by atoms with van der Waals surface area (Å²) in [6.07, 6.45) is 6.40. The van der Waals surface area contributed by atoms with Crippen molar-refractivity contribution in [1.29, 1.82) is 0 Å². The summed E-state index contributed by atoms with van der Waals surface area (Å²) in [5, 5.41) is 3.16. The lowest BCUT2D eigenvalue weighted by atomic mass is 9.86. The Morgan fingerprint density at radius 1 is 1.20 bits per heavy atom. The molecule has 0 saturated heterocycles. The van der Waals surface area contributed by atoms with E-state index >= 15 is 0 Å². The van der Waals surface area contributed by atoms with Crippen molar-refractivity contribution in [3.8, 4) is 0 Å². The normalized spacial score (nSPS) is 26.2. The molecular formula is C17H24N2O. The van der Waals surface area contributed by atoms with Crippen LogP contribution in [-0.4, -0.2) is 18.5 Å². The maximum atomic E-state index is 12.3. The third-order valence-electron chi connectivity index (χ3n) is 4.81. The van der Waals surface area contributed by atoms with Crippen molar-refractivity contribution in [3.63, 3.8) is 0 Å². The van der Waals surface area contributed by atoms with E-state index in [1.54, 1.807) is 0 Å². The molecule has 1 fully saturated rings. The molecule has 1 aromatic rings. The number of rotatable bonds is 3. The van der Waals surface area contributed by atoms with Gasteiger partial charge in [0.1, 0.15) is 0 Å². The van der Waals surface area contributed by atoms with Crippen molar-refractivity contribution in [2.45, 2.75) is 44.6 Å². The molecule has 0 spiro atoms. The van der Waals surface area contributed by atoms with E-state index in [0.717, 1.165) is 32.2 Å². The summed E-state index contributed by atoms with van der Waals surface area (Å²) in [4.78, 5) is 12.3. The van der Waals surface area contributed by atoms with Gasteiger partial charge in [-0.25, -0.2) is 0 Å². The zero-order valence-electron chi connectivity index (χ0n) is 12.0. The van der Waals surface area contributed by atoms with Gasteiger partial charge in [-0.3, -0.25) is 4.79 Å². The molecule has 0 bridgehead atoms. The summed E-state index contributed by atoms with van der Waals surface area (Å²) in [6, 6.07) is 8.73. The van der Waals surface area contributed by atoms with E-state index in [2.05, 4.69) is 29.6 Å². The minimum Gasteiger partial charge on any atom is -0.356 e. The van der Waals surface area contributed by atoms with Crippen LogP contribution in [0.1, 0.15) is 36.8 Å². The number of hydrogen-bond acceptors (Lipinski definition) is 2. The van der Waals surface area contributed by atoms with Crippen LogP contribution in [0.5, 0.6) is 0 Å². The zero-order chi connectivity index (χ0) is 13.9. The molecule has 3 rings (SSSR count). The van der Waals surface area contributed by atoms with Gasteiger partial charge in [0.2, 0.25) is 5.91 Å². The number of carbonyl (C=O) groups excluding carboxylic acids is 1. The second kappa shape index (κ2) is 5.96. The third-order valence-corrected chi connectivity index (χ3v) is 4.81. The summed E-state index contributed by atoms with van der Waals surface area (Å²) >= 11 is 0. The molecule has 2 aliphatic rings. The number of benzene rings is 1. The van der Waals surface area contributed by atoms with Gasteiger partial charge in [0, 0.05) is 18.5 Å². The first kappa shape index (κ1) is 13.6. The molecule has 0 aromatic heterocycles. The fourth-order valence-corrected chi connectivity index (χ4v) is 3.65. The molecule has 1 saturated carbocycles. The third kappa shape index (κ3) is 3.04. The first-order valence-electron chi connectivity index (χ1n) is 7.82. The van der Waals surface area contributed by atoms with E-state index in [9.17, 15) is 4.79 Å². The van der Waals surface area contributed by atoms with Gasteiger partial charge in [-0.1, -0.05) is 30.7 Å². The summed E-state index contributed by atoms with van der Waals surface area (Å²) in [7, 11) is 0. The molecule has 3 N–H and O–H groups in total. The fraction of sp³-hybridized carbons (Fsp3) is 0.588. The van der Waals surface area contributed by atoms with Crippen molar-refractivity contribution in [1.82, 2.24) is 5.32 Å². The molecule has 2 aliphatic carbocycles. The Labute approximate surface area is 120 Å². The molecule has 1 amide bonds. The average molecular weight is 272 g/mol. The highest BCUT2D eigenvalue weighted by Gasteiger charge is 2.27. The van der Waals surface area contributed by atoms with E-state index in [1.807, 2.05) is 0 Å². The summed E-state index contributed by atoms with van der Waals surface area (Å²) in [5.41, 5.74) is 8.68. The monoisotopic (exact) mass is 272 g/mol. The minimum atomic E-state index is 0.129. The van der Waals surface area contributed by atoms with Crippen LogP contribution in [0, 0.1) is 11.8 Å². The Kier molecular flexibility index (Phi) is 4.06. The van der Waals surface area contributed by atoms with E-state index < -0.39 is 0 Å². The van der Waals surface area contributed by atoms with E-state index in [4.69, 9.17) is 5.73 Å². The van der Waals surface area contributed by atoms with Crippen molar-refractivity contribution < 1.29 is 4.79 Å². The van der Waals surface area contributed by atoms with E-state index in [1.165, 1.54) is 24.0 Å². The van der Waals surface area contributed by atoms with Crippen molar-refractivity contribution in [2.24, 2.45) is 17.6 Å². The van der Waals surface area contributed by atoms with Gasteiger partial charge < -0.3 is 11.1 Å². The second-order valence-corrected chi connectivity index (χ2v) is 6.41. The van der Waals surface area contributed by atoms with Crippen LogP contribution in [-0.2, 0) is 17.6 Å². The van der Waals surface area contributed by atoms with Gasteiger partial charge in [0.05, 0.1) is 0 Å². The Morgan fingerprint density at radius 2 is 1.90 bits per heavy atom. The van der Waals surface area contributed by atoms with Crippen molar-refractivity contribution in [2.75, 3.05) is 6.54 Å². The number of carbonyl (C=O) groups is 1. The fourth-order valence-electron chi connectivity index (χ4n) is 3.65. The highest BCUT2D eigenvalue weighted by atomic mass is 16.1. The standard InChI is InChI=1S/C17H24N2O/c18-16-7-3-4-12(8-16)11-19-17(20)15-9-13-5-1-2-6-14(13)10-15/h1-2,5-6,12,15-16H,3-4,7-11,18H2,(H,19,20). The molecule has 0 heterocycles. The SMILES string of the molecule is NC1CCCC(CNC(=O)C2Cc3ccccc3C2)C1. The van der Waals surface area contributed by atoms with Gasteiger partial charge >= 0.3 is 0 Å². The summed E-state index contributed by atoms with van der Waals surface area (Å²) < 4.78 is 0. The molecule has 2 atom stereocenters. The summed E-state index contributed by atoms with van der Waals surface area (Å²) in [6.45, 7) is 0.805. The lowest BCUT2D eigenvalue weighted by Gasteiger charge is -2.27. The first-order valence-corrected chi connectivity index (χ1v) is 7.82. The Hall–Kier alpha value is -1.35. The van der Waals surface area contributed by atoms with Gasteiger partial charge in [-0.15, -0.1) is 0 Å². The van der Waals surface area contributed by atoms with Crippen LogP contribution in [0.4, 0.5) is 0 Å². The average Bonchev–Trinajstić information content (AvgIpc) is 2.89. The predicted octanol–water partition coefficient (Wildman–Crippen LogP) is 2.04. The van der Waals surface area contributed by atoms with Gasteiger partial charge in [-0.05, 0) is 49.1 Å². The lowest BCUT2D eigenvalue weighted by molar-refractivity contribution is -0.124. The predicted molar refractivity (Wildman–Crippen MR) is 80.3 cm³/mol. The Morgan fingerprint density at radius 3 is 2.55 bits per heavy atom. The Balaban J connectivity index is 1.49.